The monoisotopic (exact) mass is 294 g/mol. The van der Waals surface area contributed by atoms with Crippen LogP contribution >= 0.6 is 11.6 Å². The van der Waals surface area contributed by atoms with Gasteiger partial charge in [-0.2, -0.15) is 0 Å². The van der Waals surface area contributed by atoms with Crippen molar-refractivity contribution in [3.63, 3.8) is 0 Å². The first-order valence-electron chi connectivity index (χ1n) is 6.69. The summed E-state index contributed by atoms with van der Waals surface area (Å²) in [6.07, 6.45) is 0. The highest BCUT2D eigenvalue weighted by Crippen LogP contribution is 2.23. The van der Waals surface area contributed by atoms with Gasteiger partial charge in [-0.15, -0.1) is 0 Å². The van der Waals surface area contributed by atoms with Gasteiger partial charge in [0.2, 0.25) is 0 Å². The standard InChI is InChI=1S/C15H19ClN2O2/c1-10-4-5-11(2)13(12(10)14(16)19)15(20)18-8-6-17(3)7-9-18/h4-5H,6-9H2,1-3H3. The SMILES string of the molecule is Cc1ccc(C)c(C(=O)N2CCN(C)CC2)c1C(=O)Cl. The van der Waals surface area contributed by atoms with Crippen molar-refractivity contribution in [3.05, 3.63) is 34.4 Å². The summed E-state index contributed by atoms with van der Waals surface area (Å²) in [4.78, 5) is 28.3. The van der Waals surface area contributed by atoms with E-state index in [-0.39, 0.29) is 5.91 Å². The fourth-order valence-electron chi connectivity index (χ4n) is 2.51. The van der Waals surface area contributed by atoms with E-state index in [1.165, 1.54) is 0 Å². The summed E-state index contributed by atoms with van der Waals surface area (Å²) < 4.78 is 0. The van der Waals surface area contributed by atoms with Crippen LogP contribution in [0.25, 0.3) is 0 Å². The van der Waals surface area contributed by atoms with E-state index in [1.807, 2.05) is 26.1 Å². The molecule has 1 saturated heterocycles. The van der Waals surface area contributed by atoms with Crippen LogP contribution in [0.3, 0.4) is 0 Å². The Balaban J connectivity index is 2.39. The highest BCUT2D eigenvalue weighted by Gasteiger charge is 2.26. The number of rotatable bonds is 2. The number of hydrogen-bond acceptors (Lipinski definition) is 3. The van der Waals surface area contributed by atoms with Crippen molar-refractivity contribution in [2.75, 3.05) is 33.2 Å². The van der Waals surface area contributed by atoms with Crippen LogP contribution in [-0.4, -0.2) is 54.2 Å². The maximum absolute atomic E-state index is 12.7. The molecule has 1 aromatic carbocycles. The number of nitrogens with zero attached hydrogens (tertiary/aromatic N) is 2. The average Bonchev–Trinajstić information content (AvgIpc) is 2.40. The Morgan fingerprint density at radius 2 is 1.50 bits per heavy atom. The molecule has 0 atom stereocenters. The third-order valence-electron chi connectivity index (χ3n) is 3.82. The van der Waals surface area contributed by atoms with E-state index >= 15 is 0 Å². The summed E-state index contributed by atoms with van der Waals surface area (Å²) in [5, 5.41) is -0.566. The van der Waals surface area contributed by atoms with Crippen LogP contribution in [0.5, 0.6) is 0 Å². The van der Waals surface area contributed by atoms with E-state index in [0.29, 0.717) is 24.2 Å². The van der Waals surface area contributed by atoms with E-state index in [2.05, 4.69) is 4.90 Å². The summed E-state index contributed by atoms with van der Waals surface area (Å²) in [6, 6.07) is 3.69. The van der Waals surface area contributed by atoms with Gasteiger partial charge in [0, 0.05) is 31.7 Å². The molecule has 0 radical (unpaired) electrons. The smallest absolute Gasteiger partial charge is 0.255 e. The van der Waals surface area contributed by atoms with Gasteiger partial charge >= 0.3 is 0 Å². The van der Waals surface area contributed by atoms with Crippen LogP contribution < -0.4 is 0 Å². The summed E-state index contributed by atoms with van der Waals surface area (Å²) in [6.45, 7) is 6.70. The minimum absolute atomic E-state index is 0.0942. The number of piperazine rings is 1. The third kappa shape index (κ3) is 2.86. The van der Waals surface area contributed by atoms with Gasteiger partial charge in [-0.3, -0.25) is 9.59 Å². The zero-order chi connectivity index (χ0) is 14.9. The van der Waals surface area contributed by atoms with E-state index in [1.54, 1.807) is 11.8 Å². The van der Waals surface area contributed by atoms with Gasteiger partial charge in [0.05, 0.1) is 5.56 Å². The van der Waals surface area contributed by atoms with Crippen LogP contribution in [0.4, 0.5) is 0 Å². The molecule has 1 aromatic rings. The van der Waals surface area contributed by atoms with Crippen molar-refractivity contribution in [2.45, 2.75) is 13.8 Å². The quantitative estimate of drug-likeness (QED) is 0.784. The maximum atomic E-state index is 12.7. The first kappa shape index (κ1) is 15.0. The molecule has 0 aromatic heterocycles. The van der Waals surface area contributed by atoms with Crippen molar-refractivity contribution in [3.8, 4) is 0 Å². The number of likely N-dealkylation sites (N-methyl/N-ethyl adjacent to an activating group) is 1. The Morgan fingerprint density at radius 3 is 2.00 bits per heavy atom. The fourth-order valence-corrected chi connectivity index (χ4v) is 2.75. The summed E-state index contributed by atoms with van der Waals surface area (Å²) in [7, 11) is 2.04. The second-order valence-electron chi connectivity index (χ2n) is 5.32. The van der Waals surface area contributed by atoms with Crippen molar-refractivity contribution >= 4 is 22.8 Å². The average molecular weight is 295 g/mol. The second-order valence-corrected chi connectivity index (χ2v) is 5.66. The van der Waals surface area contributed by atoms with Crippen LogP contribution in [0, 0.1) is 13.8 Å². The maximum Gasteiger partial charge on any atom is 0.255 e. The topological polar surface area (TPSA) is 40.6 Å². The lowest BCUT2D eigenvalue weighted by molar-refractivity contribution is 0.0660. The number of carbonyl (C=O) groups excluding carboxylic acids is 2. The van der Waals surface area contributed by atoms with Crippen molar-refractivity contribution in [1.82, 2.24) is 9.80 Å². The van der Waals surface area contributed by atoms with E-state index in [9.17, 15) is 9.59 Å². The molecule has 0 aliphatic carbocycles. The first-order chi connectivity index (χ1) is 9.41. The third-order valence-corrected chi connectivity index (χ3v) is 4.01. The Morgan fingerprint density at radius 1 is 1.00 bits per heavy atom. The van der Waals surface area contributed by atoms with E-state index in [4.69, 9.17) is 11.6 Å². The number of benzene rings is 1. The molecule has 0 N–H and O–H groups in total. The van der Waals surface area contributed by atoms with Crippen molar-refractivity contribution < 1.29 is 9.59 Å². The van der Waals surface area contributed by atoms with Gasteiger partial charge in [-0.25, -0.2) is 0 Å². The molecule has 2 rings (SSSR count). The van der Waals surface area contributed by atoms with Gasteiger partial charge < -0.3 is 9.80 Å². The Bertz CT molecular complexity index is 549. The molecular formula is C15H19ClN2O2. The Labute approximate surface area is 124 Å². The number of hydrogen-bond donors (Lipinski definition) is 0. The number of halogens is 1. The summed E-state index contributed by atoms with van der Waals surface area (Å²) in [5.41, 5.74) is 2.33. The minimum Gasteiger partial charge on any atom is -0.336 e. The molecule has 1 aliphatic heterocycles. The lowest BCUT2D eigenvalue weighted by Gasteiger charge is -2.33. The Hall–Kier alpha value is -1.39. The zero-order valence-electron chi connectivity index (χ0n) is 12.1. The normalized spacial score (nSPS) is 16.3. The highest BCUT2D eigenvalue weighted by molar-refractivity contribution is 6.68. The van der Waals surface area contributed by atoms with Gasteiger partial charge in [0.15, 0.2) is 0 Å². The van der Waals surface area contributed by atoms with E-state index in [0.717, 1.165) is 24.2 Å². The number of carbonyl (C=O) groups is 2. The molecule has 0 spiro atoms. The summed E-state index contributed by atoms with van der Waals surface area (Å²) >= 11 is 5.67. The highest BCUT2D eigenvalue weighted by atomic mass is 35.5. The van der Waals surface area contributed by atoms with E-state index < -0.39 is 5.24 Å². The van der Waals surface area contributed by atoms with Gasteiger partial charge in [-0.1, -0.05) is 12.1 Å². The lowest BCUT2D eigenvalue weighted by Crippen LogP contribution is -2.47. The van der Waals surface area contributed by atoms with Gasteiger partial charge in [0.1, 0.15) is 0 Å². The van der Waals surface area contributed by atoms with Crippen LogP contribution in [0.1, 0.15) is 31.8 Å². The van der Waals surface area contributed by atoms with Crippen LogP contribution in [0.15, 0.2) is 12.1 Å². The molecule has 1 aliphatic rings. The fraction of sp³-hybridized carbons (Fsp3) is 0.467. The largest absolute Gasteiger partial charge is 0.336 e. The van der Waals surface area contributed by atoms with Gasteiger partial charge in [0.25, 0.3) is 11.1 Å². The second kappa shape index (κ2) is 5.94. The molecule has 20 heavy (non-hydrogen) atoms. The predicted molar refractivity (Wildman–Crippen MR) is 79.5 cm³/mol. The number of aryl methyl sites for hydroxylation is 2. The Kier molecular flexibility index (Phi) is 4.45. The molecule has 0 bridgehead atoms. The van der Waals surface area contributed by atoms with Crippen molar-refractivity contribution in [2.24, 2.45) is 0 Å². The van der Waals surface area contributed by atoms with Crippen molar-refractivity contribution in [1.29, 1.82) is 0 Å². The molecule has 1 heterocycles. The molecule has 108 valence electrons. The first-order valence-corrected chi connectivity index (χ1v) is 7.07. The molecular weight excluding hydrogens is 276 g/mol. The number of amides is 1. The molecule has 4 nitrogen and oxygen atoms in total. The zero-order valence-corrected chi connectivity index (χ0v) is 12.8. The summed E-state index contributed by atoms with van der Waals surface area (Å²) in [5.74, 6) is -0.0942. The molecule has 0 saturated carbocycles. The van der Waals surface area contributed by atoms with Crippen LogP contribution in [0.2, 0.25) is 0 Å². The molecule has 5 heteroatoms. The molecule has 1 amide bonds. The lowest BCUT2D eigenvalue weighted by atomic mass is 9.96. The minimum atomic E-state index is -0.566. The van der Waals surface area contributed by atoms with Gasteiger partial charge in [-0.05, 0) is 43.6 Å². The van der Waals surface area contributed by atoms with Crippen LogP contribution in [-0.2, 0) is 0 Å². The molecule has 1 fully saturated rings. The predicted octanol–water partition coefficient (Wildman–Crippen LogP) is 2.07. The molecule has 0 unspecified atom stereocenters.